The third-order valence-electron chi connectivity index (χ3n) is 2.81. The summed E-state index contributed by atoms with van der Waals surface area (Å²) in [6.07, 6.45) is -0.557. The van der Waals surface area contributed by atoms with Crippen LogP contribution in [0.25, 0.3) is 0 Å². The van der Waals surface area contributed by atoms with E-state index in [9.17, 15) is 19.6 Å². The Balaban J connectivity index is 2.10. The molecule has 1 atom stereocenters. The Hall–Kier alpha value is -2.27. The minimum atomic E-state index is -0.836. The number of nitro benzene ring substituents is 1. The van der Waals surface area contributed by atoms with Crippen molar-refractivity contribution in [3.05, 3.63) is 75.6 Å². The summed E-state index contributed by atoms with van der Waals surface area (Å²) in [5, 5.41) is 20.5. The van der Waals surface area contributed by atoms with Gasteiger partial charge in [0, 0.05) is 18.6 Å². The third kappa shape index (κ3) is 3.35. The third-order valence-corrected chi connectivity index (χ3v) is 2.81. The van der Waals surface area contributed by atoms with Gasteiger partial charge in [-0.15, -0.1) is 0 Å². The van der Waals surface area contributed by atoms with Gasteiger partial charge in [-0.1, -0.05) is 24.3 Å². The van der Waals surface area contributed by atoms with Crippen LogP contribution in [0.3, 0.4) is 0 Å². The number of non-ortho nitro benzene ring substituents is 1. The van der Waals surface area contributed by atoms with Gasteiger partial charge in [0.25, 0.3) is 5.69 Å². The smallest absolute Gasteiger partial charge is 0.269 e. The highest BCUT2D eigenvalue weighted by atomic mass is 19.1. The van der Waals surface area contributed by atoms with Crippen molar-refractivity contribution >= 4 is 5.69 Å². The Bertz CT molecular complexity index is 583. The molecule has 0 aliphatic carbocycles. The minimum Gasteiger partial charge on any atom is -0.388 e. The molecule has 1 unspecified atom stereocenters. The monoisotopic (exact) mass is 261 g/mol. The SMILES string of the molecule is O=[N+]([O-])c1ccc(CC(O)c2cccc(F)c2)cc1. The van der Waals surface area contributed by atoms with Gasteiger partial charge < -0.3 is 5.11 Å². The molecule has 0 bridgehead atoms. The molecule has 0 saturated carbocycles. The molecule has 5 heteroatoms. The molecular formula is C14H12FNO3. The maximum atomic E-state index is 13.0. The van der Waals surface area contributed by atoms with Crippen LogP contribution in [-0.4, -0.2) is 10.0 Å². The van der Waals surface area contributed by atoms with E-state index in [0.29, 0.717) is 5.56 Å². The second-order valence-corrected chi connectivity index (χ2v) is 4.20. The normalized spacial score (nSPS) is 12.1. The van der Waals surface area contributed by atoms with E-state index in [1.54, 1.807) is 18.2 Å². The zero-order chi connectivity index (χ0) is 13.8. The van der Waals surface area contributed by atoms with E-state index in [4.69, 9.17) is 0 Å². The van der Waals surface area contributed by atoms with Crippen molar-refractivity contribution < 1.29 is 14.4 Å². The van der Waals surface area contributed by atoms with Gasteiger partial charge in [0.05, 0.1) is 11.0 Å². The fraction of sp³-hybridized carbons (Fsp3) is 0.143. The molecule has 2 aromatic rings. The van der Waals surface area contributed by atoms with Crippen molar-refractivity contribution in [3.63, 3.8) is 0 Å². The van der Waals surface area contributed by atoms with Crippen LogP contribution >= 0.6 is 0 Å². The van der Waals surface area contributed by atoms with E-state index < -0.39 is 16.8 Å². The van der Waals surface area contributed by atoms with Crippen LogP contribution in [0.1, 0.15) is 17.2 Å². The van der Waals surface area contributed by atoms with E-state index in [-0.39, 0.29) is 12.1 Å². The number of aliphatic hydroxyl groups excluding tert-OH is 1. The first kappa shape index (κ1) is 13.2. The topological polar surface area (TPSA) is 63.4 Å². The molecule has 98 valence electrons. The van der Waals surface area contributed by atoms with E-state index in [1.807, 2.05) is 0 Å². The van der Waals surface area contributed by atoms with Crippen molar-refractivity contribution in [3.8, 4) is 0 Å². The van der Waals surface area contributed by atoms with Gasteiger partial charge in [-0.3, -0.25) is 10.1 Å². The fourth-order valence-electron chi connectivity index (χ4n) is 1.81. The lowest BCUT2D eigenvalue weighted by molar-refractivity contribution is -0.384. The molecule has 0 aliphatic rings. The van der Waals surface area contributed by atoms with Crippen molar-refractivity contribution in [2.45, 2.75) is 12.5 Å². The van der Waals surface area contributed by atoms with Gasteiger partial charge >= 0.3 is 0 Å². The zero-order valence-electron chi connectivity index (χ0n) is 9.99. The Kier molecular flexibility index (Phi) is 3.87. The highest BCUT2D eigenvalue weighted by molar-refractivity contribution is 5.33. The molecule has 19 heavy (non-hydrogen) atoms. The number of benzene rings is 2. The van der Waals surface area contributed by atoms with Gasteiger partial charge in [0.2, 0.25) is 0 Å². The first-order valence-electron chi connectivity index (χ1n) is 5.73. The van der Waals surface area contributed by atoms with Crippen LogP contribution < -0.4 is 0 Å². The van der Waals surface area contributed by atoms with Crippen LogP contribution in [-0.2, 0) is 6.42 Å². The number of aliphatic hydroxyl groups is 1. The molecule has 0 spiro atoms. The van der Waals surface area contributed by atoms with Gasteiger partial charge in [0.1, 0.15) is 5.82 Å². The summed E-state index contributed by atoms with van der Waals surface area (Å²) >= 11 is 0. The first-order chi connectivity index (χ1) is 9.06. The molecule has 2 aromatic carbocycles. The second-order valence-electron chi connectivity index (χ2n) is 4.20. The van der Waals surface area contributed by atoms with Gasteiger partial charge in [-0.25, -0.2) is 4.39 Å². The number of halogens is 1. The second kappa shape index (κ2) is 5.58. The standard InChI is InChI=1S/C14H12FNO3/c15-12-3-1-2-11(9-12)14(17)8-10-4-6-13(7-5-10)16(18)19/h1-7,9,14,17H,8H2. The molecule has 0 fully saturated rings. The molecule has 0 radical (unpaired) electrons. The van der Waals surface area contributed by atoms with Crippen molar-refractivity contribution in [2.24, 2.45) is 0 Å². The lowest BCUT2D eigenvalue weighted by Gasteiger charge is -2.11. The molecule has 0 aromatic heterocycles. The molecule has 0 saturated heterocycles. The summed E-state index contributed by atoms with van der Waals surface area (Å²) in [6, 6.07) is 11.7. The number of nitrogens with zero attached hydrogens (tertiary/aromatic N) is 1. The maximum absolute atomic E-state index is 13.0. The summed E-state index contributed by atoms with van der Waals surface area (Å²) in [7, 11) is 0. The average Bonchev–Trinajstić information content (AvgIpc) is 2.39. The number of nitro groups is 1. The summed E-state index contributed by atoms with van der Waals surface area (Å²) in [5.41, 5.74) is 1.24. The van der Waals surface area contributed by atoms with Crippen LogP contribution in [0, 0.1) is 15.9 Å². The van der Waals surface area contributed by atoms with E-state index >= 15 is 0 Å². The van der Waals surface area contributed by atoms with Crippen LogP contribution in [0.2, 0.25) is 0 Å². The summed E-state index contributed by atoms with van der Waals surface area (Å²) < 4.78 is 13.0. The van der Waals surface area contributed by atoms with Gasteiger partial charge in [0.15, 0.2) is 0 Å². The summed E-state index contributed by atoms with van der Waals surface area (Å²) in [5.74, 6) is -0.403. The van der Waals surface area contributed by atoms with Crippen LogP contribution in [0.5, 0.6) is 0 Å². The lowest BCUT2D eigenvalue weighted by atomic mass is 10.0. The quantitative estimate of drug-likeness (QED) is 0.679. The van der Waals surface area contributed by atoms with Crippen molar-refractivity contribution in [1.29, 1.82) is 0 Å². The van der Waals surface area contributed by atoms with E-state index in [0.717, 1.165) is 5.56 Å². The maximum Gasteiger partial charge on any atom is 0.269 e. The first-order valence-corrected chi connectivity index (χ1v) is 5.73. The predicted octanol–water partition coefficient (Wildman–Crippen LogP) is 3.01. The minimum absolute atomic E-state index is 0.00370. The highest BCUT2D eigenvalue weighted by Crippen LogP contribution is 2.20. The fourth-order valence-corrected chi connectivity index (χ4v) is 1.81. The summed E-state index contributed by atoms with van der Waals surface area (Å²) in [6.45, 7) is 0. The lowest BCUT2D eigenvalue weighted by Crippen LogP contribution is -2.02. The van der Waals surface area contributed by atoms with E-state index in [2.05, 4.69) is 0 Å². The van der Waals surface area contributed by atoms with Gasteiger partial charge in [-0.2, -0.15) is 0 Å². The van der Waals surface area contributed by atoms with Crippen LogP contribution in [0.15, 0.2) is 48.5 Å². The van der Waals surface area contributed by atoms with Gasteiger partial charge in [-0.05, 0) is 23.3 Å². The molecule has 2 rings (SSSR count). The molecular weight excluding hydrogens is 249 g/mol. The predicted molar refractivity (Wildman–Crippen MR) is 68.2 cm³/mol. The van der Waals surface area contributed by atoms with Crippen LogP contribution in [0.4, 0.5) is 10.1 Å². The molecule has 1 N–H and O–H groups in total. The Morgan fingerprint density at radius 3 is 2.47 bits per heavy atom. The zero-order valence-corrected chi connectivity index (χ0v) is 9.99. The number of hydrogen-bond donors (Lipinski definition) is 1. The largest absolute Gasteiger partial charge is 0.388 e. The average molecular weight is 261 g/mol. The molecule has 0 aliphatic heterocycles. The van der Waals surface area contributed by atoms with Crippen molar-refractivity contribution in [2.75, 3.05) is 0 Å². The number of rotatable bonds is 4. The highest BCUT2D eigenvalue weighted by Gasteiger charge is 2.11. The molecule has 4 nitrogen and oxygen atoms in total. The Morgan fingerprint density at radius 1 is 1.21 bits per heavy atom. The summed E-state index contributed by atoms with van der Waals surface area (Å²) in [4.78, 5) is 10.0. The number of hydrogen-bond acceptors (Lipinski definition) is 3. The van der Waals surface area contributed by atoms with E-state index in [1.165, 1.54) is 30.3 Å². The molecule has 0 amide bonds. The molecule has 0 heterocycles. The van der Waals surface area contributed by atoms with Crippen molar-refractivity contribution in [1.82, 2.24) is 0 Å². The Morgan fingerprint density at radius 2 is 1.89 bits per heavy atom. The Labute approximate surface area is 109 Å².